The molecule has 8 aromatic rings. The number of benzene rings is 5. The molecule has 1 radical (unpaired) electrons. The Kier molecular flexibility index (Phi) is 8.30. The largest absolute Gasteiger partial charge is 0.394 e. The standard InChI is InChI=1S/C30H19N2S.C11H8N.Ir/c1-18-22-17-23-21-9-3-5-12-28(21)33-30(23)29(18)24-16-19(25-10-6-7-15-31-25)13-14-27(24)32-26-11-4-2-8-20(22)26;1-2-6-10(7-3-1)11-8-4-5-9-12-11;/h2-12,14-17,32H,1H3;1-6,8-9H;/q2*-1;. The molecule has 1 N–H and O–H groups in total. The smallest absolute Gasteiger partial charge is 0.0421 e. The quantitative estimate of drug-likeness (QED) is 0.177. The molecule has 0 saturated heterocycles. The molecular weight excluding hydrogens is 759 g/mol. The SMILES string of the molecule is Cc1c2cc3c(sc4ccccc43)c1-c1cc(-c3ccccn3)[c-]cc1Nc1ccccc1-2.[Ir].[c-]1ccccc1-c1ccccn1. The monoisotopic (exact) mass is 786 g/mol. The van der Waals surface area contributed by atoms with Crippen LogP contribution in [-0.2, 0) is 20.1 Å². The number of fused-ring (bicyclic) bond motifs is 10. The van der Waals surface area contributed by atoms with Gasteiger partial charge in [-0.1, -0.05) is 66.2 Å². The van der Waals surface area contributed by atoms with Gasteiger partial charge in [-0.2, -0.15) is 0 Å². The summed E-state index contributed by atoms with van der Waals surface area (Å²) in [6, 6.07) is 50.3. The first-order valence-electron chi connectivity index (χ1n) is 14.9. The van der Waals surface area contributed by atoms with Crippen LogP contribution < -0.4 is 5.32 Å². The summed E-state index contributed by atoms with van der Waals surface area (Å²) < 4.78 is 2.65. The van der Waals surface area contributed by atoms with Crippen molar-refractivity contribution in [3.8, 4) is 44.8 Å². The van der Waals surface area contributed by atoms with Gasteiger partial charge in [-0.05, 0) is 71.0 Å². The van der Waals surface area contributed by atoms with Crippen LogP contribution in [0.25, 0.3) is 64.9 Å². The van der Waals surface area contributed by atoms with E-state index in [9.17, 15) is 0 Å². The molecule has 0 fully saturated rings. The summed E-state index contributed by atoms with van der Waals surface area (Å²) in [5.74, 6) is 0. The zero-order chi connectivity index (χ0) is 30.2. The topological polar surface area (TPSA) is 37.8 Å². The second kappa shape index (κ2) is 12.8. The van der Waals surface area contributed by atoms with Gasteiger partial charge in [0.15, 0.2) is 0 Å². The van der Waals surface area contributed by atoms with Crippen LogP contribution >= 0.6 is 11.3 Å². The molecule has 4 heterocycles. The molecule has 1 aliphatic heterocycles. The zero-order valence-corrected chi connectivity index (χ0v) is 28.1. The second-order valence-corrected chi connectivity index (χ2v) is 12.0. The van der Waals surface area contributed by atoms with Crippen molar-refractivity contribution >= 4 is 42.9 Å². The molecule has 3 aromatic heterocycles. The van der Waals surface area contributed by atoms with Crippen LogP contribution in [0.2, 0.25) is 0 Å². The van der Waals surface area contributed by atoms with Crippen LogP contribution in [0.15, 0.2) is 140 Å². The molecule has 0 aliphatic carbocycles. The molecule has 0 unspecified atom stereocenters. The van der Waals surface area contributed by atoms with E-state index < -0.39 is 0 Å². The minimum atomic E-state index is 0. The van der Waals surface area contributed by atoms with Crippen LogP contribution in [0.1, 0.15) is 5.56 Å². The first-order chi connectivity index (χ1) is 22.2. The summed E-state index contributed by atoms with van der Waals surface area (Å²) in [5.41, 5.74) is 12.4. The third-order valence-electron chi connectivity index (χ3n) is 8.23. The van der Waals surface area contributed by atoms with Gasteiger partial charge in [-0.25, -0.2) is 0 Å². The number of para-hydroxylation sites is 1. The molecule has 1 aliphatic rings. The fourth-order valence-corrected chi connectivity index (χ4v) is 7.37. The number of hydrogen-bond donors (Lipinski definition) is 1. The molecule has 9 rings (SSSR count). The fourth-order valence-electron chi connectivity index (χ4n) is 6.07. The summed E-state index contributed by atoms with van der Waals surface area (Å²) in [4.78, 5) is 8.79. The average molecular weight is 786 g/mol. The molecule has 0 atom stereocenters. The number of pyridine rings is 2. The van der Waals surface area contributed by atoms with E-state index in [1.807, 2.05) is 78.2 Å². The van der Waals surface area contributed by atoms with Crippen LogP contribution in [0.5, 0.6) is 0 Å². The van der Waals surface area contributed by atoms with Crippen molar-refractivity contribution < 1.29 is 20.1 Å². The molecule has 2 bridgehead atoms. The van der Waals surface area contributed by atoms with Gasteiger partial charge in [-0.3, -0.25) is 0 Å². The first-order valence-corrected chi connectivity index (χ1v) is 15.7. The Balaban J connectivity index is 0.000000220. The summed E-state index contributed by atoms with van der Waals surface area (Å²) in [7, 11) is 0. The van der Waals surface area contributed by atoms with E-state index in [1.54, 1.807) is 6.20 Å². The van der Waals surface area contributed by atoms with Gasteiger partial charge in [-0.15, -0.1) is 71.0 Å². The van der Waals surface area contributed by atoms with Crippen molar-refractivity contribution in [2.24, 2.45) is 0 Å². The third-order valence-corrected chi connectivity index (χ3v) is 9.43. The number of rotatable bonds is 2. The number of anilines is 2. The van der Waals surface area contributed by atoms with Crippen molar-refractivity contribution in [2.45, 2.75) is 6.92 Å². The summed E-state index contributed by atoms with van der Waals surface area (Å²) in [5, 5.41) is 6.35. The minimum absolute atomic E-state index is 0. The Labute approximate surface area is 286 Å². The van der Waals surface area contributed by atoms with Gasteiger partial charge in [0.25, 0.3) is 0 Å². The summed E-state index contributed by atoms with van der Waals surface area (Å²) >= 11 is 1.88. The normalized spacial score (nSPS) is 11.2. The van der Waals surface area contributed by atoms with Gasteiger partial charge < -0.3 is 15.3 Å². The minimum Gasteiger partial charge on any atom is -0.394 e. The Morgan fingerprint density at radius 2 is 1.33 bits per heavy atom. The average Bonchev–Trinajstić information content (AvgIpc) is 3.48. The van der Waals surface area contributed by atoms with E-state index in [1.165, 1.54) is 48.0 Å². The van der Waals surface area contributed by atoms with Gasteiger partial charge in [0.05, 0.1) is 0 Å². The molecule has 5 aromatic carbocycles. The number of aromatic nitrogens is 2. The number of thiophene rings is 1. The maximum absolute atomic E-state index is 4.58. The summed E-state index contributed by atoms with van der Waals surface area (Å²) in [6.45, 7) is 2.26. The predicted octanol–water partition coefficient (Wildman–Crippen LogP) is 11.2. The van der Waals surface area contributed by atoms with Crippen LogP contribution in [-0.4, -0.2) is 9.97 Å². The van der Waals surface area contributed by atoms with Crippen LogP contribution in [0.4, 0.5) is 11.4 Å². The van der Waals surface area contributed by atoms with Crippen molar-refractivity contribution in [1.82, 2.24) is 9.97 Å². The molecular formula is C41H27IrN3S-2. The van der Waals surface area contributed by atoms with Gasteiger partial charge in [0.2, 0.25) is 0 Å². The maximum atomic E-state index is 4.58. The number of nitrogens with one attached hydrogen (secondary N) is 1. The van der Waals surface area contributed by atoms with Crippen molar-refractivity contribution in [3.05, 3.63) is 157 Å². The van der Waals surface area contributed by atoms with E-state index in [0.717, 1.165) is 33.9 Å². The molecule has 0 spiro atoms. The van der Waals surface area contributed by atoms with Crippen LogP contribution in [0, 0.1) is 19.1 Å². The van der Waals surface area contributed by atoms with E-state index in [0.29, 0.717) is 0 Å². The molecule has 223 valence electrons. The van der Waals surface area contributed by atoms with Crippen molar-refractivity contribution in [1.29, 1.82) is 0 Å². The van der Waals surface area contributed by atoms with E-state index in [2.05, 4.69) is 101 Å². The van der Waals surface area contributed by atoms with Gasteiger partial charge >= 0.3 is 0 Å². The van der Waals surface area contributed by atoms with Crippen molar-refractivity contribution in [2.75, 3.05) is 5.32 Å². The third kappa shape index (κ3) is 5.43. The fraction of sp³-hybridized carbons (Fsp3) is 0.0244. The number of nitrogens with zero attached hydrogens (tertiary/aromatic N) is 2. The zero-order valence-electron chi connectivity index (χ0n) is 24.9. The molecule has 0 saturated carbocycles. The predicted molar refractivity (Wildman–Crippen MR) is 189 cm³/mol. The molecule has 3 nitrogen and oxygen atoms in total. The Morgan fingerprint density at radius 3 is 2.09 bits per heavy atom. The van der Waals surface area contributed by atoms with E-state index in [4.69, 9.17) is 0 Å². The first kappa shape index (κ1) is 29.8. The van der Waals surface area contributed by atoms with E-state index >= 15 is 0 Å². The second-order valence-electron chi connectivity index (χ2n) is 10.9. The Morgan fingerprint density at radius 1 is 0.609 bits per heavy atom. The Bertz CT molecular complexity index is 2260. The maximum Gasteiger partial charge on any atom is 0.0421 e. The molecule has 5 heteroatoms. The van der Waals surface area contributed by atoms with Gasteiger partial charge in [0.1, 0.15) is 0 Å². The molecule has 46 heavy (non-hydrogen) atoms. The molecule has 0 amide bonds. The van der Waals surface area contributed by atoms with Crippen molar-refractivity contribution in [3.63, 3.8) is 0 Å². The summed E-state index contributed by atoms with van der Waals surface area (Å²) in [6.07, 6.45) is 3.63. The Hall–Kier alpha value is -4.93. The van der Waals surface area contributed by atoms with Crippen LogP contribution in [0.3, 0.4) is 0 Å². The number of hydrogen-bond acceptors (Lipinski definition) is 4. The van der Waals surface area contributed by atoms with Gasteiger partial charge in [0, 0.05) is 63.9 Å². The van der Waals surface area contributed by atoms with E-state index in [-0.39, 0.29) is 20.1 Å².